The van der Waals surface area contributed by atoms with Crippen LogP contribution in [0.5, 0.6) is 11.5 Å². The van der Waals surface area contributed by atoms with Crippen molar-refractivity contribution in [3.63, 3.8) is 0 Å². The van der Waals surface area contributed by atoms with Gasteiger partial charge in [-0.2, -0.15) is 0 Å². The molecule has 18 nitrogen and oxygen atoms in total. The van der Waals surface area contributed by atoms with Crippen LogP contribution < -0.4 is 14.8 Å². The molecule has 0 aromatic heterocycles. The molecule has 4 aromatic rings. The predicted molar refractivity (Wildman–Crippen MR) is 261 cm³/mol. The quantitative estimate of drug-likeness (QED) is 0.00789. The molecule has 18 heteroatoms. The number of esters is 7. The number of rotatable bonds is 24. The normalized spacial score (nSPS) is 11.1. The molecule has 0 saturated carbocycles. The lowest BCUT2D eigenvalue weighted by atomic mass is 10.1. The van der Waals surface area contributed by atoms with Gasteiger partial charge in [-0.05, 0) is 101 Å². The van der Waals surface area contributed by atoms with E-state index >= 15 is 0 Å². The maximum absolute atomic E-state index is 13.0. The van der Waals surface area contributed by atoms with E-state index in [0.717, 1.165) is 6.08 Å². The highest BCUT2D eigenvalue weighted by molar-refractivity contribution is 5.97. The Balaban J connectivity index is 0.00000200. The monoisotopic (exact) mass is 979 g/mol. The molecule has 0 aliphatic rings. The lowest BCUT2D eigenvalue weighted by Crippen LogP contribution is -2.19. The van der Waals surface area contributed by atoms with Crippen molar-refractivity contribution in [2.75, 3.05) is 33.5 Å². The van der Waals surface area contributed by atoms with Crippen LogP contribution in [0.2, 0.25) is 0 Å². The van der Waals surface area contributed by atoms with E-state index in [4.69, 9.17) is 37.9 Å². The first kappa shape index (κ1) is 58.6. The summed E-state index contributed by atoms with van der Waals surface area (Å²) in [4.78, 5) is 94.6. The van der Waals surface area contributed by atoms with Crippen LogP contribution in [0, 0.1) is 0 Å². The number of nitrogens with one attached hydrogen (secondary N) is 1. The molecule has 0 aliphatic carbocycles. The second-order valence-corrected chi connectivity index (χ2v) is 14.1. The zero-order valence-corrected chi connectivity index (χ0v) is 39.8. The van der Waals surface area contributed by atoms with Crippen LogP contribution >= 0.6 is 0 Å². The highest BCUT2D eigenvalue weighted by Crippen LogP contribution is 2.25. The van der Waals surface area contributed by atoms with Crippen LogP contribution in [0.1, 0.15) is 66.7 Å². The molecule has 0 spiro atoms. The van der Waals surface area contributed by atoms with Gasteiger partial charge in [0.15, 0.2) is 6.29 Å². The van der Waals surface area contributed by atoms with Gasteiger partial charge in [0.05, 0.1) is 37.0 Å². The summed E-state index contributed by atoms with van der Waals surface area (Å²) in [6, 6.07) is 19.3. The first-order valence-electron chi connectivity index (χ1n) is 21.8. The molecule has 0 bridgehead atoms. The van der Waals surface area contributed by atoms with E-state index in [1.165, 1.54) is 30.4 Å². The Morgan fingerprint density at radius 1 is 0.592 bits per heavy atom. The van der Waals surface area contributed by atoms with Gasteiger partial charge < -0.3 is 48.3 Å². The summed E-state index contributed by atoms with van der Waals surface area (Å²) in [5.74, 6) is -3.61. The van der Waals surface area contributed by atoms with Crippen molar-refractivity contribution in [2.45, 2.75) is 52.2 Å². The Labute approximate surface area is 410 Å². The number of amides is 1. The molecule has 1 atom stereocenters. The summed E-state index contributed by atoms with van der Waals surface area (Å²) in [5.41, 5.74) is 0.470. The number of carbonyl (C=O) groups excluding carboxylic acids is 8. The lowest BCUT2D eigenvalue weighted by molar-refractivity contribution is -0.153. The van der Waals surface area contributed by atoms with Crippen LogP contribution in [0.25, 0.3) is 21.5 Å². The van der Waals surface area contributed by atoms with Crippen molar-refractivity contribution in [2.24, 2.45) is 0 Å². The number of allylic oxidation sites excluding steroid dienone is 4. The zero-order chi connectivity index (χ0) is 52.7. The van der Waals surface area contributed by atoms with Crippen molar-refractivity contribution < 1.29 is 81.4 Å². The molecule has 2 N–H and O–H groups in total. The van der Waals surface area contributed by atoms with Gasteiger partial charge in [0.2, 0.25) is 5.91 Å². The number of hydrogen-bond donors (Lipinski definition) is 2. The Morgan fingerprint density at radius 3 is 1.59 bits per heavy atom. The van der Waals surface area contributed by atoms with Crippen LogP contribution in [0.4, 0.5) is 0 Å². The molecule has 0 radical (unpaired) electrons. The molecule has 4 rings (SSSR count). The number of hydrogen-bond acceptors (Lipinski definition) is 17. The van der Waals surface area contributed by atoms with Gasteiger partial charge in [0, 0.05) is 26.0 Å². The number of benzene rings is 4. The molecule has 376 valence electrons. The Kier molecular flexibility index (Phi) is 26.7. The van der Waals surface area contributed by atoms with Gasteiger partial charge in [0.1, 0.15) is 42.8 Å². The largest absolute Gasteiger partial charge is 0.462 e. The minimum atomic E-state index is -1.26. The summed E-state index contributed by atoms with van der Waals surface area (Å²) in [5, 5.41) is 14.9. The summed E-state index contributed by atoms with van der Waals surface area (Å²) < 4.78 is 41.3. The fourth-order valence-corrected chi connectivity index (χ4v) is 5.44. The van der Waals surface area contributed by atoms with Gasteiger partial charge in [-0.3, -0.25) is 24.0 Å². The Hall–Kier alpha value is -8.48. The molecule has 0 aliphatic heterocycles. The van der Waals surface area contributed by atoms with E-state index in [2.05, 4.69) is 38.2 Å². The van der Waals surface area contributed by atoms with Crippen molar-refractivity contribution in [3.05, 3.63) is 159 Å². The molecular weight excluding hydrogens is 923 g/mol. The van der Waals surface area contributed by atoms with Crippen molar-refractivity contribution >= 4 is 69.2 Å². The molecule has 4 aromatic carbocycles. The highest BCUT2D eigenvalue weighted by Gasteiger charge is 2.16. The fourth-order valence-electron chi connectivity index (χ4n) is 5.44. The third-order valence-electron chi connectivity index (χ3n) is 8.97. The average Bonchev–Trinajstić information content (AvgIpc) is 3.38. The average molecular weight is 980 g/mol. The van der Waals surface area contributed by atoms with Crippen molar-refractivity contribution in [1.82, 2.24) is 5.32 Å². The first-order valence-corrected chi connectivity index (χ1v) is 21.8. The van der Waals surface area contributed by atoms with Crippen LogP contribution in [0.3, 0.4) is 0 Å². The molecule has 1 amide bonds. The van der Waals surface area contributed by atoms with Gasteiger partial charge >= 0.3 is 41.8 Å². The van der Waals surface area contributed by atoms with Gasteiger partial charge in [0.25, 0.3) is 0 Å². The van der Waals surface area contributed by atoms with Gasteiger partial charge in [-0.1, -0.05) is 50.9 Å². The second kappa shape index (κ2) is 32.3. The summed E-state index contributed by atoms with van der Waals surface area (Å²) in [6.07, 6.45) is 4.74. The van der Waals surface area contributed by atoms with Crippen molar-refractivity contribution in [3.8, 4) is 11.5 Å². The molecular formula is C53H57NO17. The number of likely N-dealkylation sites (N-methyl/N-ethyl adjacent to an activating group) is 1. The van der Waals surface area contributed by atoms with E-state index in [1.54, 1.807) is 87.6 Å². The highest BCUT2D eigenvalue weighted by atomic mass is 16.6. The lowest BCUT2D eigenvalue weighted by Gasteiger charge is -2.12. The molecule has 0 saturated heterocycles. The maximum atomic E-state index is 13.0. The Morgan fingerprint density at radius 2 is 1.08 bits per heavy atom. The van der Waals surface area contributed by atoms with E-state index in [1.807, 2.05) is 0 Å². The summed E-state index contributed by atoms with van der Waals surface area (Å²) >= 11 is 0. The van der Waals surface area contributed by atoms with E-state index in [-0.39, 0.29) is 98.6 Å². The summed E-state index contributed by atoms with van der Waals surface area (Å²) in [7, 11) is 1.56. The molecule has 71 heavy (non-hydrogen) atoms. The van der Waals surface area contributed by atoms with Crippen molar-refractivity contribution in [1.29, 1.82) is 0 Å². The molecule has 0 fully saturated rings. The number of fused-ring (bicyclic) bond motifs is 2. The standard InChI is InChI=1S/C47H46O16.C4H7NO.C2H4/c1-5-37(63-47(55)36-12-10-34-29-39(17-14-32(34)27-36)62-45(53)21-19-43(51)59-25-23-57-41(49)7-3)15-8-30(4)60-46(54)35-11-9-33-28-38(16-13-31(33)26-35)61-44(52)20-18-42(50)58-24-22-56-40(48)6-2;1-3-4(6)5-2;1-2/h5,7-17,26-29,43,51H,1,3,6,18-25H2,2,4H3;3H,1H2,2H3,(H,5,6);1-2H2/b30-8+,37-15+;;. The third-order valence-corrected chi connectivity index (χ3v) is 8.97. The second-order valence-electron chi connectivity index (χ2n) is 14.1. The summed E-state index contributed by atoms with van der Waals surface area (Å²) in [6.45, 7) is 19.1. The topological polar surface area (TPSA) is 243 Å². The minimum Gasteiger partial charge on any atom is -0.462 e. The van der Waals surface area contributed by atoms with Crippen LogP contribution in [-0.4, -0.2) is 92.6 Å². The zero-order valence-electron chi connectivity index (χ0n) is 39.8. The minimum absolute atomic E-state index is 0.0394. The van der Waals surface area contributed by atoms with Gasteiger partial charge in [-0.15, -0.1) is 13.2 Å². The number of aliphatic hydroxyl groups excluding tert-OH is 1. The molecule has 0 heterocycles. The van der Waals surface area contributed by atoms with Crippen LogP contribution in [-0.2, 0) is 57.2 Å². The number of aliphatic hydroxyl groups is 1. The smallest absolute Gasteiger partial charge is 0.343 e. The SMILES string of the molecule is C=C.C=CC(=O)NC.C=CC(=O)OCCOC(O)CCC(=O)Oc1ccc2cc(C(=O)O/C(C=C)=C/C=C(\C)OC(=O)c3ccc4cc(OC(=O)CCC(=O)OCCOC(=O)CC)ccc4c3)ccc2c1. The fraction of sp³-hybridized carbons (Fsp3) is 0.245. The van der Waals surface area contributed by atoms with E-state index in [0.29, 0.717) is 21.5 Å². The van der Waals surface area contributed by atoms with Gasteiger partial charge in [-0.25, -0.2) is 14.4 Å². The first-order chi connectivity index (χ1) is 34.1. The Bertz CT molecular complexity index is 2610. The third kappa shape index (κ3) is 22.5. The van der Waals surface area contributed by atoms with E-state index < -0.39 is 48.1 Å². The van der Waals surface area contributed by atoms with Crippen LogP contribution in [0.15, 0.2) is 148 Å². The number of ether oxygens (including phenoxy) is 8. The maximum Gasteiger partial charge on any atom is 0.343 e. The number of carbonyl (C=O) groups is 8. The predicted octanol–water partition coefficient (Wildman–Crippen LogP) is 7.63. The van der Waals surface area contributed by atoms with E-state index in [9.17, 15) is 43.5 Å². The molecule has 1 unspecified atom stereocenters.